The Morgan fingerprint density at radius 3 is 1.59 bits per heavy atom. The summed E-state index contributed by atoms with van der Waals surface area (Å²) < 4.78 is 0. The van der Waals surface area contributed by atoms with Crippen LogP contribution in [-0.4, -0.2) is 23.0 Å². The summed E-state index contributed by atoms with van der Waals surface area (Å²) in [5, 5.41) is 12.0. The maximum atomic E-state index is 12.2. The molecule has 4 nitrogen and oxygen atoms in total. The van der Waals surface area contributed by atoms with Gasteiger partial charge in [0.2, 0.25) is 5.91 Å². The van der Waals surface area contributed by atoms with E-state index in [4.69, 9.17) is 5.11 Å². The van der Waals surface area contributed by atoms with Crippen LogP contribution in [0.25, 0.3) is 0 Å². The van der Waals surface area contributed by atoms with E-state index in [-0.39, 0.29) is 17.5 Å². The van der Waals surface area contributed by atoms with E-state index in [0.717, 1.165) is 25.7 Å². The Labute approximate surface area is 134 Å². The highest BCUT2D eigenvalue weighted by Crippen LogP contribution is 2.17. The zero-order chi connectivity index (χ0) is 16.4. The van der Waals surface area contributed by atoms with Crippen molar-refractivity contribution in [2.45, 2.75) is 90.5 Å². The highest BCUT2D eigenvalue weighted by atomic mass is 16.4. The van der Waals surface area contributed by atoms with Gasteiger partial charge in [0.15, 0.2) is 0 Å². The van der Waals surface area contributed by atoms with Crippen LogP contribution in [0.2, 0.25) is 0 Å². The fourth-order valence-electron chi connectivity index (χ4n) is 2.93. The molecule has 1 aliphatic rings. The quantitative estimate of drug-likeness (QED) is 0.768. The smallest absolute Gasteiger partial charge is 0.331 e. The van der Waals surface area contributed by atoms with E-state index >= 15 is 0 Å². The van der Waals surface area contributed by atoms with Gasteiger partial charge in [0, 0.05) is 17.2 Å². The molecule has 0 spiro atoms. The van der Waals surface area contributed by atoms with Crippen LogP contribution >= 0.6 is 0 Å². The Hall–Kier alpha value is -1.32. The molecule has 1 fully saturated rings. The summed E-state index contributed by atoms with van der Waals surface area (Å²) in [6.45, 7) is 3.08. The van der Waals surface area contributed by atoms with Crippen molar-refractivity contribution in [3.63, 3.8) is 0 Å². The van der Waals surface area contributed by atoms with Gasteiger partial charge in [0.1, 0.15) is 0 Å². The molecule has 0 aromatic heterocycles. The number of carboxylic acid groups (broad SMARTS) is 1. The second-order valence-electron chi connectivity index (χ2n) is 6.48. The van der Waals surface area contributed by atoms with Crippen LogP contribution in [0.15, 0.2) is 11.1 Å². The van der Waals surface area contributed by atoms with Crippen LogP contribution in [0, 0.1) is 0 Å². The molecule has 0 saturated heterocycles. The van der Waals surface area contributed by atoms with E-state index in [9.17, 15) is 9.59 Å². The van der Waals surface area contributed by atoms with Crippen molar-refractivity contribution in [1.82, 2.24) is 5.32 Å². The fraction of sp³-hybridized carbons (Fsp3) is 0.778. The van der Waals surface area contributed by atoms with Gasteiger partial charge >= 0.3 is 5.97 Å². The van der Waals surface area contributed by atoms with E-state index in [2.05, 4.69) is 5.32 Å². The van der Waals surface area contributed by atoms with Gasteiger partial charge in [-0.1, -0.05) is 57.8 Å². The van der Waals surface area contributed by atoms with Gasteiger partial charge in [-0.15, -0.1) is 0 Å². The molecule has 1 amide bonds. The lowest BCUT2D eigenvalue weighted by Crippen LogP contribution is -2.36. The van der Waals surface area contributed by atoms with Gasteiger partial charge in [0.05, 0.1) is 0 Å². The molecule has 126 valence electrons. The third-order valence-electron chi connectivity index (χ3n) is 4.66. The highest BCUT2D eigenvalue weighted by molar-refractivity contribution is 6.01. The minimum Gasteiger partial charge on any atom is -0.478 e. The van der Waals surface area contributed by atoms with Crippen LogP contribution in [0.5, 0.6) is 0 Å². The first-order valence-corrected chi connectivity index (χ1v) is 8.74. The van der Waals surface area contributed by atoms with E-state index in [0.29, 0.717) is 5.57 Å². The lowest BCUT2D eigenvalue weighted by atomic mass is 9.97. The van der Waals surface area contributed by atoms with Crippen molar-refractivity contribution in [3.05, 3.63) is 11.1 Å². The van der Waals surface area contributed by atoms with Gasteiger partial charge in [-0.3, -0.25) is 4.79 Å². The lowest BCUT2D eigenvalue weighted by Gasteiger charge is -2.20. The van der Waals surface area contributed by atoms with E-state index in [1.54, 1.807) is 6.92 Å². The molecule has 0 aromatic rings. The zero-order valence-corrected chi connectivity index (χ0v) is 14.1. The summed E-state index contributed by atoms with van der Waals surface area (Å²) in [5.41, 5.74) is 0.448. The van der Waals surface area contributed by atoms with Crippen molar-refractivity contribution >= 4 is 11.9 Å². The standard InChI is InChI=1S/C18H31NO3/c1-14(15(2)18(21)22)17(20)19-16-12-10-8-6-4-3-5-7-9-11-13-16/h16H,3-13H2,1-2H3,(H,19,20)(H,21,22)/b15-14-. The minimum absolute atomic E-state index is 0.130. The van der Waals surface area contributed by atoms with E-state index in [1.165, 1.54) is 51.9 Å². The minimum atomic E-state index is -1.02. The molecule has 2 N–H and O–H groups in total. The van der Waals surface area contributed by atoms with Crippen molar-refractivity contribution < 1.29 is 14.7 Å². The average molecular weight is 309 g/mol. The number of hydrogen-bond acceptors (Lipinski definition) is 2. The number of hydrogen-bond donors (Lipinski definition) is 2. The molecule has 0 heterocycles. The second kappa shape index (κ2) is 10.4. The number of carbonyl (C=O) groups excluding carboxylic acids is 1. The Balaban J connectivity index is 2.56. The predicted octanol–water partition coefficient (Wildman–Crippen LogP) is 4.20. The summed E-state index contributed by atoms with van der Waals surface area (Å²) in [5.74, 6) is -1.25. The number of carbonyl (C=O) groups is 2. The van der Waals surface area contributed by atoms with Crippen molar-refractivity contribution in [3.8, 4) is 0 Å². The summed E-state index contributed by atoms with van der Waals surface area (Å²) in [7, 11) is 0. The van der Waals surface area contributed by atoms with Crippen LogP contribution < -0.4 is 5.32 Å². The molecule has 4 heteroatoms. The first-order valence-electron chi connectivity index (χ1n) is 8.74. The molecule has 1 aliphatic carbocycles. The summed E-state index contributed by atoms with van der Waals surface area (Å²) >= 11 is 0. The Kier molecular flexibility index (Phi) is 8.86. The predicted molar refractivity (Wildman–Crippen MR) is 88.7 cm³/mol. The van der Waals surface area contributed by atoms with E-state index < -0.39 is 5.97 Å². The molecule has 0 bridgehead atoms. The molecule has 22 heavy (non-hydrogen) atoms. The maximum Gasteiger partial charge on any atom is 0.331 e. The summed E-state index contributed by atoms with van der Waals surface area (Å²) in [6, 6.07) is 0.184. The number of rotatable bonds is 3. The third-order valence-corrected chi connectivity index (χ3v) is 4.66. The molecular formula is C18H31NO3. The molecular weight excluding hydrogens is 278 g/mol. The largest absolute Gasteiger partial charge is 0.478 e. The fourth-order valence-corrected chi connectivity index (χ4v) is 2.93. The number of carboxylic acids is 1. The van der Waals surface area contributed by atoms with E-state index in [1.807, 2.05) is 0 Å². The SMILES string of the molecule is C/C(C(=O)O)=C(\C)C(=O)NC1CCCCCCCCCCC1. The molecule has 0 radical (unpaired) electrons. The van der Waals surface area contributed by atoms with Crippen molar-refractivity contribution in [2.24, 2.45) is 0 Å². The lowest BCUT2D eigenvalue weighted by molar-refractivity contribution is -0.133. The van der Waals surface area contributed by atoms with Gasteiger partial charge < -0.3 is 10.4 Å². The first kappa shape index (κ1) is 18.7. The van der Waals surface area contributed by atoms with Crippen LogP contribution in [0.4, 0.5) is 0 Å². The third kappa shape index (κ3) is 7.10. The molecule has 1 rings (SSSR count). The van der Waals surface area contributed by atoms with Crippen LogP contribution in [0.1, 0.15) is 84.5 Å². The Bertz CT molecular complexity index is 389. The van der Waals surface area contributed by atoms with Gasteiger partial charge in [-0.05, 0) is 26.7 Å². The van der Waals surface area contributed by atoms with Crippen molar-refractivity contribution in [2.75, 3.05) is 0 Å². The van der Waals surface area contributed by atoms with Crippen LogP contribution in [0.3, 0.4) is 0 Å². The summed E-state index contributed by atoms with van der Waals surface area (Å²) in [4.78, 5) is 23.2. The van der Waals surface area contributed by atoms with Gasteiger partial charge in [-0.25, -0.2) is 4.79 Å². The molecule has 0 aromatic carbocycles. The second-order valence-corrected chi connectivity index (χ2v) is 6.48. The normalized spacial score (nSPS) is 20.3. The number of aliphatic carboxylic acids is 1. The first-order chi connectivity index (χ1) is 10.5. The molecule has 0 unspecified atom stereocenters. The van der Waals surface area contributed by atoms with Gasteiger partial charge in [-0.2, -0.15) is 0 Å². The number of amides is 1. The zero-order valence-electron chi connectivity index (χ0n) is 14.1. The van der Waals surface area contributed by atoms with Crippen LogP contribution in [-0.2, 0) is 9.59 Å². The topological polar surface area (TPSA) is 66.4 Å². The number of nitrogens with one attached hydrogen (secondary N) is 1. The Morgan fingerprint density at radius 1 is 0.773 bits per heavy atom. The maximum absolute atomic E-state index is 12.2. The molecule has 1 saturated carbocycles. The molecule has 0 aliphatic heterocycles. The van der Waals surface area contributed by atoms with Gasteiger partial charge in [0.25, 0.3) is 0 Å². The average Bonchev–Trinajstić information content (AvgIpc) is 2.48. The summed E-state index contributed by atoms with van der Waals surface area (Å²) in [6.07, 6.45) is 13.4. The van der Waals surface area contributed by atoms with Crippen molar-refractivity contribution in [1.29, 1.82) is 0 Å². The molecule has 0 atom stereocenters. The highest BCUT2D eigenvalue weighted by Gasteiger charge is 2.17. The Morgan fingerprint density at radius 2 is 1.18 bits per heavy atom. The monoisotopic (exact) mass is 309 g/mol.